The Bertz CT molecular complexity index is 1000. The van der Waals surface area contributed by atoms with Crippen LogP contribution < -0.4 is 5.32 Å². The van der Waals surface area contributed by atoms with Crippen molar-refractivity contribution in [1.29, 1.82) is 5.41 Å². The van der Waals surface area contributed by atoms with Crippen molar-refractivity contribution in [3.05, 3.63) is 11.3 Å². The van der Waals surface area contributed by atoms with Crippen LogP contribution in [0.4, 0.5) is 0 Å². The Kier molecular flexibility index (Phi) is 15.2. The van der Waals surface area contributed by atoms with E-state index >= 15 is 0 Å². The monoisotopic (exact) mass is 581 g/mol. The van der Waals surface area contributed by atoms with Crippen LogP contribution in [0.5, 0.6) is 0 Å². The second kappa shape index (κ2) is 16.4. The van der Waals surface area contributed by atoms with Gasteiger partial charge in [-0.2, -0.15) is 0 Å². The van der Waals surface area contributed by atoms with E-state index in [1.54, 1.807) is 34.6 Å². The van der Waals surface area contributed by atoms with Crippen molar-refractivity contribution < 1.29 is 38.9 Å². The second-order valence-electron chi connectivity index (χ2n) is 12.9. The molecule has 0 aromatic carbocycles. The number of carboxylic acid groups (broad SMARTS) is 1. The van der Waals surface area contributed by atoms with Gasteiger partial charge in [-0.25, -0.2) is 4.79 Å². The summed E-state index contributed by atoms with van der Waals surface area (Å²) in [7, 11) is 0. The molecule has 2 atom stereocenters. The number of nitrogens with zero attached hydrogens (tertiary/aromatic N) is 1. The summed E-state index contributed by atoms with van der Waals surface area (Å²) in [6.45, 7) is 18.9. The van der Waals surface area contributed by atoms with E-state index in [2.05, 4.69) is 10.3 Å². The number of ether oxygens (including phenoxy) is 2. The molecule has 0 radical (unpaired) electrons. The second-order valence-corrected chi connectivity index (χ2v) is 12.9. The predicted octanol–water partition coefficient (Wildman–Crippen LogP) is 4.96. The maximum Gasteiger partial charge on any atom is 0.349 e. The highest BCUT2D eigenvalue weighted by molar-refractivity contribution is 6.22. The molecular weight excluding hydrogens is 530 g/mol. The fraction of sp³-hybridized carbons (Fsp3) is 0.733. The summed E-state index contributed by atoms with van der Waals surface area (Å²) in [6.07, 6.45) is 4.61. The number of aliphatic hydroxyl groups is 1. The van der Waals surface area contributed by atoms with E-state index < -0.39 is 17.5 Å². The van der Waals surface area contributed by atoms with E-state index in [0.29, 0.717) is 43.3 Å². The number of carboxylic acids is 1. The van der Waals surface area contributed by atoms with Crippen LogP contribution in [0.25, 0.3) is 0 Å². The fourth-order valence-electron chi connectivity index (χ4n) is 3.91. The number of rotatable bonds is 9. The topological polar surface area (TPSA) is 185 Å². The molecule has 234 valence electrons. The zero-order valence-electron chi connectivity index (χ0n) is 26.5. The summed E-state index contributed by atoms with van der Waals surface area (Å²) >= 11 is 0. The van der Waals surface area contributed by atoms with Crippen LogP contribution in [0.1, 0.15) is 108 Å². The molecular formula is C30H51N3O8. The number of unbranched alkanes of at least 4 members (excludes halogenated alkanes) is 1. The highest BCUT2D eigenvalue weighted by Crippen LogP contribution is 2.36. The van der Waals surface area contributed by atoms with Crippen LogP contribution in [0.3, 0.4) is 0 Å². The summed E-state index contributed by atoms with van der Waals surface area (Å²) < 4.78 is 9.65. The highest BCUT2D eigenvalue weighted by Gasteiger charge is 2.41. The van der Waals surface area contributed by atoms with Gasteiger partial charge in [0.2, 0.25) is 0 Å². The number of aliphatic carboxylic acids is 1. The number of nitrogens with one attached hydrogen (secondary N) is 2. The summed E-state index contributed by atoms with van der Waals surface area (Å²) in [6, 6.07) is -0.294. The molecule has 0 aromatic rings. The first-order valence-electron chi connectivity index (χ1n) is 14.0. The highest BCUT2D eigenvalue weighted by atomic mass is 16.6. The SMILES string of the molecule is CC(=NCCCCC1NC1C(=O)O)C1=C(O)CC(C)(C)CC1=O.CC(C)(C)OC(=O)C=N.CCC(=O)OC(C)(C)C. The van der Waals surface area contributed by atoms with Gasteiger partial charge < -0.3 is 25.1 Å². The lowest BCUT2D eigenvalue weighted by Gasteiger charge is -2.29. The van der Waals surface area contributed by atoms with Gasteiger partial charge in [0, 0.05) is 37.6 Å². The maximum atomic E-state index is 12.2. The molecule has 1 saturated heterocycles. The number of esters is 2. The molecule has 0 amide bonds. The number of aliphatic hydroxyl groups excluding tert-OH is 1. The Hall–Kier alpha value is -3.08. The van der Waals surface area contributed by atoms with Crippen LogP contribution in [0.15, 0.2) is 16.3 Å². The molecule has 0 aromatic heterocycles. The van der Waals surface area contributed by atoms with Gasteiger partial charge in [-0.1, -0.05) is 20.8 Å². The summed E-state index contributed by atoms with van der Waals surface area (Å²) in [5, 5.41) is 28.3. The predicted molar refractivity (Wildman–Crippen MR) is 159 cm³/mol. The summed E-state index contributed by atoms with van der Waals surface area (Å²) in [5.74, 6) is -1.40. The lowest BCUT2D eigenvalue weighted by atomic mass is 9.76. The van der Waals surface area contributed by atoms with Crippen LogP contribution in [-0.4, -0.2) is 75.7 Å². The molecule has 4 N–H and O–H groups in total. The number of hydrogen-bond donors (Lipinski definition) is 4. The molecule has 0 spiro atoms. The third-order valence-corrected chi connectivity index (χ3v) is 5.67. The maximum absolute atomic E-state index is 12.2. The van der Waals surface area contributed by atoms with Gasteiger partial charge in [0.05, 0.1) is 5.57 Å². The van der Waals surface area contributed by atoms with Gasteiger partial charge in [0.1, 0.15) is 29.2 Å². The molecule has 0 bridgehead atoms. The van der Waals surface area contributed by atoms with E-state index in [4.69, 9.17) is 20.0 Å². The van der Waals surface area contributed by atoms with Crippen molar-refractivity contribution in [2.24, 2.45) is 10.4 Å². The average Bonchev–Trinajstić information content (AvgIpc) is 3.56. The smallest absolute Gasteiger partial charge is 0.349 e. The Balaban J connectivity index is 0.000000733. The van der Waals surface area contributed by atoms with Crippen molar-refractivity contribution >= 4 is 35.6 Å². The number of carbonyl (C=O) groups is 4. The number of Topliss-reactive ketones (excluding diaryl/α,β-unsaturated/α-hetero) is 1. The molecule has 1 heterocycles. The van der Waals surface area contributed by atoms with E-state index in [-0.39, 0.29) is 40.6 Å². The van der Waals surface area contributed by atoms with Gasteiger partial charge in [-0.05, 0) is 73.1 Å². The molecule has 11 nitrogen and oxygen atoms in total. The number of hydrogen-bond acceptors (Lipinski definition) is 10. The fourth-order valence-corrected chi connectivity index (χ4v) is 3.91. The molecule has 1 fully saturated rings. The molecule has 11 heteroatoms. The molecule has 1 aliphatic heterocycles. The summed E-state index contributed by atoms with van der Waals surface area (Å²) in [5.41, 5.74) is 0.0000318. The number of aliphatic imine (C=N–C) groups is 1. The Morgan fingerprint density at radius 3 is 2.00 bits per heavy atom. The molecule has 2 unspecified atom stereocenters. The third-order valence-electron chi connectivity index (χ3n) is 5.67. The van der Waals surface area contributed by atoms with Crippen LogP contribution in [0.2, 0.25) is 0 Å². The quantitative estimate of drug-likeness (QED) is 0.126. The van der Waals surface area contributed by atoms with E-state index in [1.165, 1.54) is 0 Å². The Labute approximate surface area is 244 Å². The van der Waals surface area contributed by atoms with Crippen molar-refractivity contribution in [2.45, 2.75) is 131 Å². The zero-order valence-corrected chi connectivity index (χ0v) is 26.5. The third kappa shape index (κ3) is 17.4. The number of allylic oxidation sites excluding steroid dienone is 2. The van der Waals surface area contributed by atoms with Crippen molar-refractivity contribution in [3.63, 3.8) is 0 Å². The number of ketones is 1. The minimum Gasteiger partial charge on any atom is -0.511 e. The lowest BCUT2D eigenvalue weighted by Crippen LogP contribution is -2.28. The molecule has 0 saturated carbocycles. The molecule has 2 rings (SSSR count). The number of carbonyl (C=O) groups excluding carboxylic acids is 3. The van der Waals surface area contributed by atoms with E-state index in [0.717, 1.165) is 19.3 Å². The lowest BCUT2D eigenvalue weighted by molar-refractivity contribution is -0.154. The largest absolute Gasteiger partial charge is 0.511 e. The first-order chi connectivity index (χ1) is 18.6. The molecule has 1 aliphatic carbocycles. The first-order valence-corrected chi connectivity index (χ1v) is 14.0. The minimum atomic E-state index is -0.787. The van der Waals surface area contributed by atoms with Gasteiger partial charge in [-0.15, -0.1) is 0 Å². The van der Waals surface area contributed by atoms with Crippen molar-refractivity contribution in [2.75, 3.05) is 6.54 Å². The van der Waals surface area contributed by atoms with Crippen molar-refractivity contribution in [3.8, 4) is 0 Å². The van der Waals surface area contributed by atoms with Gasteiger partial charge in [0.25, 0.3) is 0 Å². The van der Waals surface area contributed by atoms with Gasteiger partial charge >= 0.3 is 17.9 Å². The van der Waals surface area contributed by atoms with Crippen LogP contribution >= 0.6 is 0 Å². The normalized spacial score (nSPS) is 20.0. The van der Waals surface area contributed by atoms with Gasteiger partial charge in [0.15, 0.2) is 5.78 Å². The molecule has 2 aliphatic rings. The zero-order chi connectivity index (χ0) is 32.2. The minimum absolute atomic E-state index is 0.0357. The molecule has 41 heavy (non-hydrogen) atoms. The van der Waals surface area contributed by atoms with Crippen LogP contribution in [-0.2, 0) is 28.7 Å². The Morgan fingerprint density at radius 2 is 1.63 bits per heavy atom. The first kappa shape index (κ1) is 37.9. The van der Waals surface area contributed by atoms with Gasteiger partial charge in [-0.3, -0.25) is 24.7 Å². The summed E-state index contributed by atoms with van der Waals surface area (Å²) in [4.78, 5) is 48.2. The van der Waals surface area contributed by atoms with Crippen LogP contribution in [0, 0.1) is 10.8 Å². The van der Waals surface area contributed by atoms with Crippen molar-refractivity contribution in [1.82, 2.24) is 5.32 Å². The Morgan fingerprint density at radius 1 is 1.07 bits per heavy atom. The standard InChI is InChI=1S/C17H26N2O4.C7H14O2.C6H11NO2/c1-10(14-12(20)8-17(2,3)9-13(14)21)18-7-5-4-6-11-15(19-11)16(22)23;1-5-6(8)9-7(2,3)4;1-6(2,3)9-5(8)4-7/h11,15,19-20H,4-9H2,1-3H3,(H,22,23);5H2,1-4H3;4,7H,1-3H3. The van der Waals surface area contributed by atoms with E-state index in [1.807, 2.05) is 34.6 Å². The van der Waals surface area contributed by atoms with E-state index in [9.17, 15) is 24.3 Å². The average molecular weight is 582 g/mol.